The van der Waals surface area contributed by atoms with E-state index in [0.717, 1.165) is 98.7 Å². The molecule has 0 aromatic heterocycles. The minimum atomic E-state index is 0.907. The van der Waals surface area contributed by atoms with Crippen LogP contribution in [0.2, 0.25) is 0 Å². The molecule has 0 radical (unpaired) electrons. The Bertz CT molecular complexity index is 1590. The molecule has 322 valence electrons. The van der Waals surface area contributed by atoms with Gasteiger partial charge in [-0.15, -0.1) is 0 Å². The van der Waals surface area contributed by atoms with Crippen LogP contribution in [0.4, 0.5) is 0 Å². The quantitative estimate of drug-likeness (QED) is 0.0413. The summed E-state index contributed by atoms with van der Waals surface area (Å²) >= 11 is 0. The summed E-state index contributed by atoms with van der Waals surface area (Å²) in [5.41, 5.74) is 28.0. The van der Waals surface area contributed by atoms with Crippen molar-refractivity contribution in [2.24, 2.45) is 0 Å². The van der Waals surface area contributed by atoms with Gasteiger partial charge in [-0.05, 0) is 128 Å². The lowest BCUT2D eigenvalue weighted by molar-refractivity contribution is -0.345. The van der Waals surface area contributed by atoms with E-state index in [-0.39, 0.29) is 0 Å². The van der Waals surface area contributed by atoms with Gasteiger partial charge in [0.25, 0.3) is 0 Å². The first-order chi connectivity index (χ1) is 28.4. The summed E-state index contributed by atoms with van der Waals surface area (Å²) in [7, 11) is 0. The van der Waals surface area contributed by atoms with Crippen LogP contribution in [-0.4, -0.2) is 4.70 Å². The number of aryl methyl sites for hydroxylation is 4. The number of nitrogens with zero attached hydrogens (tertiary/aromatic N) is 2. The Morgan fingerprint density at radius 3 is 1.17 bits per heavy atom. The predicted molar refractivity (Wildman–Crippen MR) is 257 cm³/mol. The van der Waals surface area contributed by atoms with Gasteiger partial charge in [-0.25, -0.2) is 4.70 Å². The second-order valence-corrected chi connectivity index (χ2v) is 17.5. The van der Waals surface area contributed by atoms with E-state index in [1.54, 1.807) is 15.8 Å². The molecule has 1 aliphatic rings. The average Bonchev–Trinajstić information content (AvgIpc) is 3.52. The van der Waals surface area contributed by atoms with Crippen molar-refractivity contribution >= 4 is 11.4 Å². The molecule has 0 spiro atoms. The standard InChI is InChI=1S/C56H88N2/c1-9-17-21-24-25-26-27-28-29-30-31-32-33-36-40-54-53(37-20-12-4)55(49-41-45(13-5)51(46(14-6)42-49)38-34-22-18-10-2)58(57)56(54)50-43-47(15-7)52(48(16-8)44-50)39-35-23-19-11-3/h41-44H,9-35,37-39H2,1-8H3. The van der Waals surface area contributed by atoms with Gasteiger partial charge >= 0.3 is 0 Å². The molecule has 0 unspecified atom stereocenters. The summed E-state index contributed by atoms with van der Waals surface area (Å²) in [6.07, 6.45) is 36.9. The Hall–Kier alpha value is -2.92. The van der Waals surface area contributed by atoms with E-state index >= 15 is 0 Å². The molecule has 0 amide bonds. The van der Waals surface area contributed by atoms with Gasteiger partial charge in [-0.2, -0.15) is 0 Å². The molecular weight excluding hydrogens is 701 g/mol. The largest absolute Gasteiger partial charge is 0.493 e. The van der Waals surface area contributed by atoms with Crippen molar-refractivity contribution in [2.45, 2.75) is 248 Å². The summed E-state index contributed by atoms with van der Waals surface area (Å²) in [6, 6.07) is 9.67. The lowest BCUT2D eigenvalue weighted by Gasteiger charge is -2.18. The zero-order chi connectivity index (χ0) is 42.0. The summed E-state index contributed by atoms with van der Waals surface area (Å²) < 4.78 is 1.59. The van der Waals surface area contributed by atoms with Crippen LogP contribution >= 0.6 is 0 Å². The molecule has 2 aromatic rings. The summed E-state index contributed by atoms with van der Waals surface area (Å²) in [4.78, 5) is 0. The van der Waals surface area contributed by atoms with Gasteiger partial charge in [0.2, 0.25) is 11.4 Å². The third-order valence-electron chi connectivity index (χ3n) is 12.9. The van der Waals surface area contributed by atoms with Gasteiger partial charge in [-0.3, -0.25) is 0 Å². The van der Waals surface area contributed by atoms with Crippen molar-refractivity contribution in [3.05, 3.63) is 85.5 Å². The molecule has 0 fully saturated rings. The lowest BCUT2D eigenvalue weighted by atomic mass is 9.88. The van der Waals surface area contributed by atoms with Crippen LogP contribution in [0.5, 0.6) is 0 Å². The van der Waals surface area contributed by atoms with Crippen molar-refractivity contribution < 1.29 is 4.70 Å². The molecule has 2 aromatic carbocycles. The Labute approximate surface area is 360 Å². The predicted octanol–water partition coefficient (Wildman–Crippen LogP) is 17.6. The average molecular weight is 789 g/mol. The maximum Gasteiger partial charge on any atom is 0.223 e. The molecule has 2 nitrogen and oxygen atoms in total. The van der Waals surface area contributed by atoms with E-state index in [2.05, 4.69) is 91.5 Å². The topological polar surface area (TPSA) is 25.3 Å². The van der Waals surface area contributed by atoms with E-state index in [9.17, 15) is 5.53 Å². The third-order valence-corrected chi connectivity index (χ3v) is 12.9. The number of allylic oxidation sites excluding steroid dienone is 2. The Morgan fingerprint density at radius 1 is 0.414 bits per heavy atom. The SMILES string of the molecule is CCCCCCCCCCCCCCC#CC1=C(c2cc(CC)c(CCCCCC)c(CC)c2)[N+](=[N-])C(c2cc(CC)c(CCCCCC)c(CC)c2)=C1CCCC. The highest BCUT2D eigenvalue weighted by Crippen LogP contribution is 2.44. The van der Waals surface area contributed by atoms with Gasteiger partial charge in [0, 0.05) is 23.1 Å². The monoisotopic (exact) mass is 789 g/mol. The maximum absolute atomic E-state index is 12.7. The number of hydrogen-bond donors (Lipinski definition) is 0. The second-order valence-electron chi connectivity index (χ2n) is 17.5. The van der Waals surface area contributed by atoms with Gasteiger partial charge < -0.3 is 5.53 Å². The van der Waals surface area contributed by atoms with Gasteiger partial charge in [0.15, 0.2) is 0 Å². The molecule has 58 heavy (non-hydrogen) atoms. The van der Waals surface area contributed by atoms with Crippen molar-refractivity contribution in [1.29, 1.82) is 0 Å². The van der Waals surface area contributed by atoms with Crippen molar-refractivity contribution in [3.63, 3.8) is 0 Å². The van der Waals surface area contributed by atoms with E-state index in [1.165, 1.54) is 150 Å². The highest BCUT2D eigenvalue weighted by atomic mass is 15.2. The molecular formula is C56H88N2. The molecule has 0 aliphatic carbocycles. The minimum absolute atomic E-state index is 0.907. The van der Waals surface area contributed by atoms with Crippen LogP contribution in [-0.2, 0) is 38.5 Å². The fourth-order valence-electron chi connectivity index (χ4n) is 9.34. The zero-order valence-electron chi connectivity index (χ0n) is 39.4. The van der Waals surface area contributed by atoms with Crippen LogP contribution in [0.15, 0.2) is 35.4 Å². The fourth-order valence-corrected chi connectivity index (χ4v) is 9.34. The Kier molecular flexibility index (Phi) is 25.0. The van der Waals surface area contributed by atoms with Crippen molar-refractivity contribution in [1.82, 2.24) is 0 Å². The van der Waals surface area contributed by atoms with E-state index < -0.39 is 0 Å². The van der Waals surface area contributed by atoms with E-state index in [4.69, 9.17) is 0 Å². The molecule has 2 heteroatoms. The summed E-state index contributed by atoms with van der Waals surface area (Å²) in [5, 5.41) is 0. The first-order valence-corrected chi connectivity index (χ1v) is 25.2. The number of rotatable bonds is 31. The molecule has 0 saturated heterocycles. The molecule has 0 N–H and O–H groups in total. The van der Waals surface area contributed by atoms with Crippen LogP contribution in [0, 0.1) is 11.8 Å². The van der Waals surface area contributed by atoms with Crippen molar-refractivity contribution in [2.75, 3.05) is 0 Å². The highest BCUT2D eigenvalue weighted by Gasteiger charge is 2.36. The molecule has 1 aliphatic heterocycles. The Balaban J connectivity index is 2.02. The van der Waals surface area contributed by atoms with Gasteiger partial charge in [0.1, 0.15) is 5.57 Å². The summed E-state index contributed by atoms with van der Waals surface area (Å²) in [6.45, 7) is 18.4. The molecule has 1 heterocycles. The zero-order valence-corrected chi connectivity index (χ0v) is 39.4. The number of benzene rings is 2. The third kappa shape index (κ3) is 15.3. The minimum Gasteiger partial charge on any atom is -0.493 e. The summed E-state index contributed by atoms with van der Waals surface area (Å²) in [5.74, 6) is 7.45. The smallest absolute Gasteiger partial charge is 0.223 e. The van der Waals surface area contributed by atoms with Crippen LogP contribution in [0.1, 0.15) is 254 Å². The van der Waals surface area contributed by atoms with Crippen molar-refractivity contribution in [3.8, 4) is 11.8 Å². The lowest BCUT2D eigenvalue weighted by Crippen LogP contribution is -2.08. The van der Waals surface area contributed by atoms with Crippen LogP contribution in [0.25, 0.3) is 16.9 Å². The number of hydrogen-bond acceptors (Lipinski definition) is 0. The van der Waals surface area contributed by atoms with E-state index in [1.807, 2.05) is 0 Å². The van der Waals surface area contributed by atoms with Gasteiger partial charge in [0.05, 0.1) is 0 Å². The number of unbranched alkanes of at least 4 members (excludes halogenated alkanes) is 19. The highest BCUT2D eigenvalue weighted by molar-refractivity contribution is 5.86. The Morgan fingerprint density at radius 2 is 0.776 bits per heavy atom. The van der Waals surface area contributed by atoms with Crippen LogP contribution in [0.3, 0.4) is 0 Å². The normalized spacial score (nSPS) is 12.9. The molecule has 3 rings (SSSR count). The second kappa shape index (κ2) is 29.3. The molecule has 0 bridgehead atoms. The fraction of sp³-hybridized carbons (Fsp3) is 0.679. The molecule has 0 atom stereocenters. The molecule has 0 saturated carbocycles. The van der Waals surface area contributed by atoms with E-state index in [0.29, 0.717) is 0 Å². The first-order valence-electron chi connectivity index (χ1n) is 25.2. The van der Waals surface area contributed by atoms with Crippen LogP contribution < -0.4 is 0 Å². The van der Waals surface area contributed by atoms with Gasteiger partial charge in [-0.1, -0.05) is 183 Å². The first kappa shape index (κ1) is 49.4. The maximum atomic E-state index is 12.7.